The van der Waals surface area contributed by atoms with Crippen LogP contribution in [-0.4, -0.2) is 11.6 Å². The van der Waals surface area contributed by atoms with Gasteiger partial charge in [-0.2, -0.15) is 5.10 Å². The third kappa shape index (κ3) is 2.92. The summed E-state index contributed by atoms with van der Waals surface area (Å²) in [6.07, 6.45) is 4.42. The molecule has 16 heavy (non-hydrogen) atoms. The number of hydrazone groups is 1. The number of carbonyl (C=O) groups excluding carboxylic acids is 1. The Balaban J connectivity index is 1.87. The lowest BCUT2D eigenvalue weighted by atomic mass is 9.90. The van der Waals surface area contributed by atoms with Gasteiger partial charge in [-0.15, -0.1) is 11.3 Å². The van der Waals surface area contributed by atoms with Crippen LogP contribution in [0.5, 0.6) is 0 Å². The molecule has 0 saturated heterocycles. The summed E-state index contributed by atoms with van der Waals surface area (Å²) in [4.78, 5) is 12.3. The van der Waals surface area contributed by atoms with Crippen molar-refractivity contribution < 1.29 is 4.79 Å². The maximum absolute atomic E-state index is 11.6. The molecule has 1 aromatic heterocycles. The molecular formula is C12H16N2OS. The van der Waals surface area contributed by atoms with Gasteiger partial charge in [-0.05, 0) is 43.0 Å². The number of carbonyl (C=O) groups is 1. The Morgan fingerprint density at radius 3 is 2.88 bits per heavy atom. The minimum atomic E-state index is -0.0962. The van der Waals surface area contributed by atoms with Crippen LogP contribution in [0.4, 0.5) is 0 Å². The number of nitrogens with one attached hydrogen (secondary N) is 1. The molecule has 1 N–H and O–H groups in total. The topological polar surface area (TPSA) is 41.5 Å². The Bertz CT molecular complexity index is 374. The fourth-order valence-corrected chi connectivity index (χ4v) is 2.41. The van der Waals surface area contributed by atoms with Gasteiger partial charge in [0.15, 0.2) is 0 Å². The van der Waals surface area contributed by atoms with Crippen molar-refractivity contribution in [2.75, 3.05) is 0 Å². The van der Waals surface area contributed by atoms with E-state index < -0.39 is 0 Å². The van der Waals surface area contributed by atoms with E-state index in [0.29, 0.717) is 4.88 Å². The molecule has 1 aliphatic rings. The first-order chi connectivity index (χ1) is 7.75. The zero-order valence-electron chi connectivity index (χ0n) is 9.40. The molecule has 0 aliphatic heterocycles. The zero-order chi connectivity index (χ0) is 11.4. The largest absolute Gasteiger partial charge is 0.281 e. The Morgan fingerprint density at radius 2 is 2.25 bits per heavy atom. The fraction of sp³-hybridized carbons (Fsp3) is 0.500. The van der Waals surface area contributed by atoms with Crippen LogP contribution < -0.4 is 5.43 Å². The summed E-state index contributed by atoms with van der Waals surface area (Å²) in [7, 11) is 0. The normalized spacial score (nSPS) is 20.6. The summed E-state index contributed by atoms with van der Waals surface area (Å²) in [5.74, 6) is 0.702. The van der Waals surface area contributed by atoms with Crippen LogP contribution in [-0.2, 0) is 0 Å². The third-order valence-electron chi connectivity index (χ3n) is 2.91. The maximum Gasteiger partial charge on any atom is 0.281 e. The number of nitrogens with zero attached hydrogens (tertiary/aromatic N) is 1. The molecule has 1 fully saturated rings. The Morgan fingerprint density at radius 1 is 1.50 bits per heavy atom. The Labute approximate surface area is 99.6 Å². The molecule has 1 aromatic rings. The summed E-state index contributed by atoms with van der Waals surface area (Å²) < 4.78 is 0. The average molecular weight is 236 g/mol. The zero-order valence-corrected chi connectivity index (χ0v) is 10.2. The van der Waals surface area contributed by atoms with Crippen LogP contribution >= 0.6 is 11.3 Å². The molecular weight excluding hydrogens is 220 g/mol. The summed E-state index contributed by atoms with van der Waals surface area (Å²) in [5, 5.41) is 6.09. The van der Waals surface area contributed by atoms with Gasteiger partial charge in [0.2, 0.25) is 0 Å². The molecule has 1 amide bonds. The van der Waals surface area contributed by atoms with Gasteiger partial charge in [0.05, 0.1) is 4.88 Å². The predicted molar refractivity (Wildman–Crippen MR) is 66.9 cm³/mol. The highest BCUT2D eigenvalue weighted by molar-refractivity contribution is 7.12. The molecule has 86 valence electrons. The van der Waals surface area contributed by atoms with E-state index in [-0.39, 0.29) is 5.91 Å². The van der Waals surface area contributed by atoms with Crippen LogP contribution in [0, 0.1) is 5.92 Å². The molecule has 0 atom stereocenters. The average Bonchev–Trinajstić information content (AvgIpc) is 2.81. The standard InChI is InChI=1S/C12H16N2OS/c1-9-4-6-10(7-5-9)13-14-12(15)11-3-2-8-16-11/h2-3,8-9H,4-7H2,1H3,(H,14,15). The van der Waals surface area contributed by atoms with Crippen molar-refractivity contribution in [2.24, 2.45) is 11.0 Å². The molecule has 0 aromatic carbocycles. The van der Waals surface area contributed by atoms with Crippen LogP contribution in [0.25, 0.3) is 0 Å². The second-order valence-corrected chi connectivity index (χ2v) is 5.23. The second kappa shape index (κ2) is 5.25. The first kappa shape index (κ1) is 11.3. The Kier molecular flexibility index (Phi) is 3.72. The van der Waals surface area contributed by atoms with Crippen LogP contribution in [0.3, 0.4) is 0 Å². The molecule has 1 aliphatic carbocycles. The lowest BCUT2D eigenvalue weighted by molar-refractivity contribution is 0.0958. The monoisotopic (exact) mass is 236 g/mol. The summed E-state index contributed by atoms with van der Waals surface area (Å²) in [6, 6.07) is 3.68. The van der Waals surface area contributed by atoms with Crippen molar-refractivity contribution in [1.29, 1.82) is 0 Å². The molecule has 2 rings (SSSR count). The molecule has 0 unspecified atom stereocenters. The van der Waals surface area contributed by atoms with E-state index in [1.807, 2.05) is 17.5 Å². The first-order valence-corrected chi connectivity index (χ1v) is 6.53. The molecule has 4 heteroatoms. The molecule has 1 saturated carbocycles. The minimum Gasteiger partial charge on any atom is -0.266 e. The van der Waals surface area contributed by atoms with E-state index >= 15 is 0 Å². The van der Waals surface area contributed by atoms with Gasteiger partial charge in [-0.3, -0.25) is 4.79 Å². The highest BCUT2D eigenvalue weighted by Gasteiger charge is 2.14. The minimum absolute atomic E-state index is 0.0962. The van der Waals surface area contributed by atoms with Gasteiger partial charge in [-0.1, -0.05) is 13.0 Å². The van der Waals surface area contributed by atoms with E-state index in [4.69, 9.17) is 0 Å². The third-order valence-corrected chi connectivity index (χ3v) is 3.78. The molecule has 0 spiro atoms. The molecule has 0 bridgehead atoms. The number of rotatable bonds is 2. The number of hydrogen-bond donors (Lipinski definition) is 1. The van der Waals surface area contributed by atoms with Crippen molar-refractivity contribution in [3.63, 3.8) is 0 Å². The van der Waals surface area contributed by atoms with Crippen molar-refractivity contribution in [1.82, 2.24) is 5.43 Å². The van der Waals surface area contributed by atoms with E-state index in [9.17, 15) is 4.79 Å². The van der Waals surface area contributed by atoms with Gasteiger partial charge in [-0.25, -0.2) is 5.43 Å². The number of amides is 1. The lowest BCUT2D eigenvalue weighted by Gasteiger charge is -2.18. The van der Waals surface area contributed by atoms with Gasteiger partial charge >= 0.3 is 0 Å². The lowest BCUT2D eigenvalue weighted by Crippen LogP contribution is -2.21. The quantitative estimate of drug-likeness (QED) is 0.788. The van der Waals surface area contributed by atoms with Crippen molar-refractivity contribution >= 4 is 23.0 Å². The molecule has 3 nitrogen and oxygen atoms in total. The first-order valence-electron chi connectivity index (χ1n) is 5.65. The van der Waals surface area contributed by atoms with Crippen LogP contribution in [0.1, 0.15) is 42.3 Å². The van der Waals surface area contributed by atoms with E-state index in [0.717, 1.165) is 24.5 Å². The summed E-state index contributed by atoms with van der Waals surface area (Å²) in [6.45, 7) is 2.26. The van der Waals surface area contributed by atoms with E-state index in [1.54, 1.807) is 0 Å². The number of hydrogen-bond acceptors (Lipinski definition) is 3. The van der Waals surface area contributed by atoms with Crippen molar-refractivity contribution in [3.05, 3.63) is 22.4 Å². The highest BCUT2D eigenvalue weighted by atomic mass is 32.1. The van der Waals surface area contributed by atoms with Gasteiger partial charge < -0.3 is 0 Å². The van der Waals surface area contributed by atoms with Crippen molar-refractivity contribution in [2.45, 2.75) is 32.6 Å². The van der Waals surface area contributed by atoms with Crippen LogP contribution in [0.15, 0.2) is 22.6 Å². The summed E-state index contributed by atoms with van der Waals surface area (Å²) >= 11 is 1.44. The molecule has 1 heterocycles. The smallest absolute Gasteiger partial charge is 0.266 e. The highest BCUT2D eigenvalue weighted by Crippen LogP contribution is 2.21. The van der Waals surface area contributed by atoms with E-state index in [1.165, 1.54) is 24.2 Å². The Hall–Kier alpha value is -1.16. The summed E-state index contributed by atoms with van der Waals surface area (Å²) in [5.41, 5.74) is 3.76. The van der Waals surface area contributed by atoms with Crippen LogP contribution in [0.2, 0.25) is 0 Å². The van der Waals surface area contributed by atoms with Gasteiger partial charge in [0.25, 0.3) is 5.91 Å². The second-order valence-electron chi connectivity index (χ2n) is 4.28. The van der Waals surface area contributed by atoms with Crippen molar-refractivity contribution in [3.8, 4) is 0 Å². The van der Waals surface area contributed by atoms with E-state index in [2.05, 4.69) is 17.5 Å². The van der Waals surface area contributed by atoms with Gasteiger partial charge in [0, 0.05) is 5.71 Å². The van der Waals surface area contributed by atoms with Gasteiger partial charge in [0.1, 0.15) is 0 Å². The predicted octanol–water partition coefficient (Wildman–Crippen LogP) is 3.04. The fourth-order valence-electron chi connectivity index (χ4n) is 1.80. The maximum atomic E-state index is 11.6. The molecule has 0 radical (unpaired) electrons. The SMILES string of the molecule is CC1CCC(=NNC(=O)c2cccs2)CC1. The number of thiophene rings is 1.